The number of carbonyl (C=O) groups is 1. The van der Waals surface area contributed by atoms with Gasteiger partial charge in [0, 0.05) is 32.4 Å². The zero-order valence-electron chi connectivity index (χ0n) is 20.4. The fourth-order valence-electron chi connectivity index (χ4n) is 4.28. The van der Waals surface area contributed by atoms with Crippen LogP contribution in [0.1, 0.15) is 46.0 Å². The van der Waals surface area contributed by atoms with Gasteiger partial charge < -0.3 is 19.6 Å². The molecule has 186 valence electrons. The summed E-state index contributed by atoms with van der Waals surface area (Å²) in [7, 11) is -0.189. The van der Waals surface area contributed by atoms with Gasteiger partial charge in [0.1, 0.15) is 10.6 Å². The highest BCUT2D eigenvalue weighted by atomic mass is 32.2. The fraction of sp³-hybridized carbons (Fsp3) is 0.480. The van der Waals surface area contributed by atoms with Gasteiger partial charge in [-0.05, 0) is 31.0 Å². The summed E-state index contributed by atoms with van der Waals surface area (Å²) in [6, 6.07) is 13.1. The van der Waals surface area contributed by atoms with Crippen LogP contribution in [0.5, 0.6) is 5.75 Å². The molecule has 0 spiro atoms. The number of unbranched alkanes of at least 4 members (excludes halogenated alkanes) is 1. The standard InChI is InChI=1S/C25H35N3O5S/c1-5-7-14-25(6-2)18-28(19-11-9-8-10-12-19)21-16-20(27(3)4)22(33-15-13-24(29)30)17-23(21)34(31,32)26-25/h8-12,16-17,26H,5-7,13-15,18H2,1-4H3,(H,29,30)/t25-/m1/s1. The Hall–Kier alpha value is -2.78. The van der Waals surface area contributed by atoms with Gasteiger partial charge in [-0.25, -0.2) is 13.1 Å². The molecule has 0 saturated carbocycles. The molecule has 0 radical (unpaired) electrons. The Balaban J connectivity index is 2.22. The van der Waals surface area contributed by atoms with Gasteiger partial charge in [0.2, 0.25) is 10.0 Å². The number of para-hydroxylation sites is 1. The third-order valence-corrected chi connectivity index (χ3v) is 7.85. The van der Waals surface area contributed by atoms with Crippen molar-refractivity contribution >= 4 is 33.1 Å². The lowest BCUT2D eigenvalue weighted by molar-refractivity contribution is -0.137. The summed E-state index contributed by atoms with van der Waals surface area (Å²) in [5.74, 6) is -0.643. The van der Waals surface area contributed by atoms with Crippen molar-refractivity contribution in [3.8, 4) is 5.75 Å². The highest BCUT2D eigenvalue weighted by molar-refractivity contribution is 7.89. The zero-order valence-corrected chi connectivity index (χ0v) is 21.2. The van der Waals surface area contributed by atoms with E-state index in [0.717, 1.165) is 24.9 Å². The molecule has 1 heterocycles. The third kappa shape index (κ3) is 5.64. The van der Waals surface area contributed by atoms with Crippen molar-refractivity contribution in [1.29, 1.82) is 0 Å². The van der Waals surface area contributed by atoms with Crippen LogP contribution in [0.2, 0.25) is 0 Å². The van der Waals surface area contributed by atoms with E-state index in [1.807, 2.05) is 62.3 Å². The normalized spacial score (nSPS) is 19.2. The van der Waals surface area contributed by atoms with Crippen LogP contribution in [-0.2, 0) is 14.8 Å². The highest BCUT2D eigenvalue weighted by Gasteiger charge is 2.41. The van der Waals surface area contributed by atoms with E-state index < -0.39 is 21.5 Å². The maximum Gasteiger partial charge on any atom is 0.306 e. The molecule has 0 aliphatic carbocycles. The summed E-state index contributed by atoms with van der Waals surface area (Å²) >= 11 is 0. The van der Waals surface area contributed by atoms with Crippen LogP contribution in [0.15, 0.2) is 47.4 Å². The van der Waals surface area contributed by atoms with Gasteiger partial charge >= 0.3 is 5.97 Å². The lowest BCUT2D eigenvalue weighted by Gasteiger charge is -2.36. The van der Waals surface area contributed by atoms with Gasteiger partial charge in [-0.15, -0.1) is 0 Å². The number of carboxylic acids is 1. The van der Waals surface area contributed by atoms with Crippen LogP contribution < -0.4 is 19.3 Å². The molecular weight excluding hydrogens is 454 g/mol. The Morgan fingerprint density at radius 3 is 2.50 bits per heavy atom. The molecule has 1 aliphatic heterocycles. The molecule has 2 aromatic carbocycles. The Morgan fingerprint density at radius 1 is 1.21 bits per heavy atom. The first-order chi connectivity index (χ1) is 16.1. The number of hydrogen-bond acceptors (Lipinski definition) is 6. The number of ether oxygens (including phenoxy) is 1. The quantitative estimate of drug-likeness (QED) is 0.511. The summed E-state index contributed by atoms with van der Waals surface area (Å²) in [4.78, 5) is 15.0. The molecule has 8 nitrogen and oxygen atoms in total. The van der Waals surface area contributed by atoms with Crippen LogP contribution in [0.4, 0.5) is 17.1 Å². The minimum absolute atomic E-state index is 0.0553. The number of hydrogen-bond donors (Lipinski definition) is 2. The average molecular weight is 490 g/mol. The van der Waals surface area contributed by atoms with Crippen molar-refractivity contribution in [2.24, 2.45) is 0 Å². The van der Waals surface area contributed by atoms with E-state index in [1.165, 1.54) is 6.07 Å². The largest absolute Gasteiger partial charge is 0.491 e. The SMILES string of the molecule is CCCC[C@]1(CC)CN(c2ccccc2)c2cc(N(C)C)c(OCCC(=O)O)cc2S(=O)(=O)N1. The van der Waals surface area contributed by atoms with Gasteiger partial charge in [0.15, 0.2) is 0 Å². The number of sulfonamides is 1. The van der Waals surface area contributed by atoms with Crippen LogP contribution in [0.25, 0.3) is 0 Å². The van der Waals surface area contributed by atoms with E-state index in [0.29, 0.717) is 30.1 Å². The molecule has 0 bridgehead atoms. The van der Waals surface area contributed by atoms with Crippen LogP contribution >= 0.6 is 0 Å². The first-order valence-electron chi connectivity index (χ1n) is 11.7. The Labute approximate surface area is 202 Å². The van der Waals surface area contributed by atoms with E-state index in [2.05, 4.69) is 16.5 Å². The number of rotatable bonds is 10. The summed E-state index contributed by atoms with van der Waals surface area (Å²) in [6.07, 6.45) is 3.06. The summed E-state index contributed by atoms with van der Waals surface area (Å²) < 4.78 is 36.2. The number of nitrogens with zero attached hydrogens (tertiary/aromatic N) is 2. The van der Waals surface area contributed by atoms with E-state index in [4.69, 9.17) is 9.84 Å². The lowest BCUT2D eigenvalue weighted by Crippen LogP contribution is -2.52. The molecular formula is C25H35N3O5S. The number of nitrogens with one attached hydrogen (secondary N) is 1. The van der Waals surface area contributed by atoms with Gasteiger partial charge in [0.25, 0.3) is 0 Å². The number of carboxylic acid groups (broad SMARTS) is 1. The topological polar surface area (TPSA) is 99.2 Å². The minimum atomic E-state index is -3.88. The maximum atomic E-state index is 13.7. The number of aliphatic carboxylic acids is 1. The Kier molecular flexibility index (Phi) is 8.09. The minimum Gasteiger partial charge on any atom is -0.491 e. The molecule has 0 amide bonds. The maximum absolute atomic E-state index is 13.7. The number of fused-ring (bicyclic) bond motifs is 1. The van der Waals surface area contributed by atoms with Crippen LogP contribution in [-0.4, -0.2) is 52.3 Å². The average Bonchev–Trinajstić information content (AvgIpc) is 2.90. The van der Waals surface area contributed by atoms with Crippen molar-refractivity contribution in [1.82, 2.24) is 4.72 Å². The molecule has 1 atom stereocenters. The molecule has 0 saturated heterocycles. The molecule has 0 fully saturated rings. The molecule has 3 rings (SSSR count). The Bertz CT molecular complexity index is 1110. The molecule has 0 aromatic heterocycles. The molecule has 9 heteroatoms. The predicted octanol–water partition coefficient (Wildman–Crippen LogP) is 4.38. The second-order valence-corrected chi connectivity index (χ2v) is 10.6. The third-order valence-electron chi connectivity index (χ3n) is 6.24. The smallest absolute Gasteiger partial charge is 0.306 e. The Morgan fingerprint density at radius 2 is 1.91 bits per heavy atom. The molecule has 0 unspecified atom stereocenters. The highest BCUT2D eigenvalue weighted by Crippen LogP contribution is 2.43. The van der Waals surface area contributed by atoms with Crippen LogP contribution in [0.3, 0.4) is 0 Å². The lowest BCUT2D eigenvalue weighted by atomic mass is 9.89. The summed E-state index contributed by atoms with van der Waals surface area (Å²) in [5.41, 5.74) is 1.52. The van der Waals surface area contributed by atoms with Crippen LogP contribution in [0, 0.1) is 0 Å². The molecule has 1 aliphatic rings. The van der Waals surface area contributed by atoms with Crippen molar-refractivity contribution < 1.29 is 23.1 Å². The second kappa shape index (κ2) is 10.7. The fourth-order valence-corrected chi connectivity index (χ4v) is 5.98. The number of anilines is 3. The van der Waals surface area contributed by atoms with Gasteiger partial charge in [0.05, 0.1) is 29.9 Å². The molecule has 2 N–H and O–H groups in total. The van der Waals surface area contributed by atoms with Gasteiger partial charge in [-0.2, -0.15) is 0 Å². The van der Waals surface area contributed by atoms with E-state index in [9.17, 15) is 13.2 Å². The molecule has 2 aromatic rings. The summed E-state index contributed by atoms with van der Waals surface area (Å²) in [6.45, 7) is 4.55. The van der Waals surface area contributed by atoms with Gasteiger partial charge in [-0.3, -0.25) is 4.79 Å². The van der Waals surface area contributed by atoms with Gasteiger partial charge in [-0.1, -0.05) is 44.9 Å². The first-order valence-corrected chi connectivity index (χ1v) is 13.2. The molecule has 34 heavy (non-hydrogen) atoms. The predicted molar refractivity (Wildman–Crippen MR) is 135 cm³/mol. The first kappa shape index (κ1) is 25.8. The van der Waals surface area contributed by atoms with E-state index in [-0.39, 0.29) is 17.9 Å². The second-order valence-electron chi connectivity index (χ2n) is 8.94. The van der Waals surface area contributed by atoms with E-state index in [1.54, 1.807) is 0 Å². The zero-order chi connectivity index (χ0) is 24.9. The van der Waals surface area contributed by atoms with Crippen molar-refractivity contribution in [3.05, 3.63) is 42.5 Å². The number of benzene rings is 2. The monoisotopic (exact) mass is 489 g/mol. The van der Waals surface area contributed by atoms with Crippen molar-refractivity contribution in [2.75, 3.05) is 37.0 Å². The van der Waals surface area contributed by atoms with E-state index >= 15 is 0 Å². The van der Waals surface area contributed by atoms with Crippen molar-refractivity contribution in [3.63, 3.8) is 0 Å². The summed E-state index contributed by atoms with van der Waals surface area (Å²) in [5, 5.41) is 9.00. The van der Waals surface area contributed by atoms with Crippen molar-refractivity contribution in [2.45, 2.75) is 56.4 Å².